The zero-order chi connectivity index (χ0) is 54.6. The number of aromatic hydroxyl groups is 1. The standard InChI is InChI=1S/C8H8N2.C8H11N.3C7H6N2.C6H7NO.C5H13NO.C4H11NO.C3H9NO/c9-6-5-7-1-3-8(10)4-2-7;1-2-7-3-5-8(9)6-4-7;1-9-7-4-2-6(8)3-5-7;8-5-6-2-1-3-7(9)4-6;8-5-6-3-1-2-4-7(6)9;7-5-3-1-2-4-6(5)8;1-7-5-3-2-4-6;1-6-4-2-3-5;1-5-3-2-4/h1-4H,5,10H2;3-6H,2,9H2,1H3;2-5H,8H2;2*1-4H,9H2;1-4,8H,7H2;2-6H2,1H3;2-5H2,1H3;2-4H2,1H3. The summed E-state index contributed by atoms with van der Waals surface area (Å²) < 4.78 is 14.1. The minimum absolute atomic E-state index is 0.146. The van der Waals surface area contributed by atoms with E-state index in [0.29, 0.717) is 59.1 Å². The minimum atomic E-state index is 0.146. The first-order valence-electron chi connectivity index (χ1n) is 22.6. The molecule has 0 heterocycles. The summed E-state index contributed by atoms with van der Waals surface area (Å²) in [6.45, 7) is 13.2. The first-order valence-corrected chi connectivity index (χ1v) is 22.6. The van der Waals surface area contributed by atoms with Crippen LogP contribution in [0.4, 0.5) is 39.8 Å². The van der Waals surface area contributed by atoms with Crippen LogP contribution in [0.25, 0.3) is 4.85 Å². The number of methoxy groups -OCH3 is 3. The van der Waals surface area contributed by atoms with E-state index in [9.17, 15) is 0 Å². The lowest BCUT2D eigenvalue weighted by molar-refractivity contribution is 0.193. The molecule has 0 radical (unpaired) electrons. The van der Waals surface area contributed by atoms with Gasteiger partial charge in [-0.2, -0.15) is 15.8 Å². The SMILES string of the molecule is CCc1ccc(N)cc1.COCCCCN.COCCCN.COCCN.N#CCc1ccc(N)cc1.N#Cc1cccc(N)c1.N#Cc1ccccc1N.Nc1ccccc1O.[C-]#[N+]c1ccc(N)cc1. The van der Waals surface area contributed by atoms with Crippen molar-refractivity contribution < 1.29 is 19.3 Å². The van der Waals surface area contributed by atoms with Crippen LogP contribution >= 0.6 is 0 Å². The zero-order valence-electron chi connectivity index (χ0n) is 42.3. The quantitative estimate of drug-likeness (QED) is 0.0253. The molecule has 6 rings (SSSR count). The van der Waals surface area contributed by atoms with Gasteiger partial charge in [0.1, 0.15) is 11.8 Å². The van der Waals surface area contributed by atoms with E-state index in [1.807, 2.05) is 36.4 Å². The fourth-order valence-corrected chi connectivity index (χ4v) is 4.46. The largest absolute Gasteiger partial charge is 0.506 e. The monoisotopic (exact) mass is 984 g/mol. The average Bonchev–Trinajstić information content (AvgIpc) is 3.40. The van der Waals surface area contributed by atoms with Crippen molar-refractivity contribution in [1.29, 1.82) is 15.8 Å². The molecule has 0 bridgehead atoms. The lowest BCUT2D eigenvalue weighted by Crippen LogP contribution is -2.05. The smallest absolute Gasteiger partial charge is 0.187 e. The van der Waals surface area contributed by atoms with Gasteiger partial charge in [-0.15, -0.1) is 0 Å². The second-order valence-corrected chi connectivity index (χ2v) is 14.3. The van der Waals surface area contributed by atoms with Gasteiger partial charge in [0, 0.05) is 69.5 Å². The number of nitrogens with two attached hydrogens (primary N) is 9. The number of anilines is 6. The van der Waals surface area contributed by atoms with E-state index in [0.717, 1.165) is 68.9 Å². The number of para-hydroxylation sites is 3. The number of hydrogen-bond acceptors (Lipinski definition) is 16. The Bertz CT molecular complexity index is 2350. The molecule has 0 saturated carbocycles. The molecular weight excluding hydrogens is 907 g/mol. The maximum atomic E-state index is 8.79. The highest BCUT2D eigenvalue weighted by molar-refractivity contribution is 5.53. The highest BCUT2D eigenvalue weighted by atomic mass is 16.5. The minimum Gasteiger partial charge on any atom is -0.506 e. The highest BCUT2D eigenvalue weighted by Crippen LogP contribution is 2.16. The third-order valence-electron chi connectivity index (χ3n) is 8.38. The van der Waals surface area contributed by atoms with Crippen molar-refractivity contribution >= 4 is 39.8 Å². The van der Waals surface area contributed by atoms with Crippen LogP contribution < -0.4 is 51.6 Å². The van der Waals surface area contributed by atoms with Gasteiger partial charge in [-0.25, -0.2) is 4.85 Å². The van der Waals surface area contributed by atoms with Crippen molar-refractivity contribution in [3.8, 4) is 24.0 Å². The summed E-state index contributed by atoms with van der Waals surface area (Å²) in [5.41, 5.74) is 55.7. The molecule has 19 N–H and O–H groups in total. The third kappa shape index (κ3) is 41.8. The second kappa shape index (κ2) is 49.1. The van der Waals surface area contributed by atoms with E-state index in [-0.39, 0.29) is 5.75 Å². The van der Waals surface area contributed by atoms with Crippen LogP contribution in [-0.2, 0) is 27.1 Å². The summed E-state index contributed by atoms with van der Waals surface area (Å²) in [5.74, 6) is 0.146. The van der Waals surface area contributed by atoms with Crippen LogP contribution in [0.2, 0.25) is 0 Å². The van der Waals surface area contributed by atoms with E-state index in [4.69, 9.17) is 88.5 Å². The molecule has 0 unspecified atom stereocenters. The molecule has 0 fully saturated rings. The summed E-state index contributed by atoms with van der Waals surface area (Å²) in [6.07, 6.45) is 4.68. The number of nitrogens with zero attached hydrogens (tertiary/aromatic N) is 4. The number of rotatable bonds is 11. The summed E-state index contributed by atoms with van der Waals surface area (Å²) >= 11 is 0. The summed E-state index contributed by atoms with van der Waals surface area (Å²) in [4.78, 5) is 3.21. The third-order valence-corrected chi connectivity index (χ3v) is 8.38. The van der Waals surface area contributed by atoms with Crippen LogP contribution in [0, 0.1) is 40.6 Å². The number of phenolic OH excluding ortho intramolecular Hbond substituents is 1. The van der Waals surface area contributed by atoms with E-state index in [1.54, 1.807) is 131 Å². The number of benzene rings is 6. The Balaban J connectivity index is -0.000000749. The van der Waals surface area contributed by atoms with Crippen LogP contribution in [0.3, 0.4) is 0 Å². The Morgan fingerprint density at radius 1 is 0.514 bits per heavy atom. The molecular formula is C55H77N13O4. The molecule has 6 aromatic rings. The molecule has 0 aromatic heterocycles. The van der Waals surface area contributed by atoms with Gasteiger partial charge in [-0.05, 0) is 129 Å². The predicted molar refractivity (Wildman–Crippen MR) is 298 cm³/mol. The molecule has 0 saturated heterocycles. The van der Waals surface area contributed by atoms with Crippen molar-refractivity contribution in [3.63, 3.8) is 0 Å². The van der Waals surface area contributed by atoms with Gasteiger partial charge >= 0.3 is 0 Å². The van der Waals surface area contributed by atoms with Gasteiger partial charge in [-0.1, -0.05) is 73.7 Å². The predicted octanol–water partition coefficient (Wildman–Crippen LogP) is 8.19. The number of hydrogen-bond donors (Lipinski definition) is 10. The van der Waals surface area contributed by atoms with Crippen molar-refractivity contribution in [2.24, 2.45) is 17.2 Å². The fraction of sp³-hybridized carbons (Fsp3) is 0.273. The van der Waals surface area contributed by atoms with Gasteiger partial charge in [0.2, 0.25) is 0 Å². The molecule has 17 nitrogen and oxygen atoms in total. The van der Waals surface area contributed by atoms with E-state index in [1.165, 1.54) is 5.56 Å². The Hall–Kier alpha value is -8.36. The second-order valence-electron chi connectivity index (χ2n) is 14.3. The van der Waals surface area contributed by atoms with Crippen molar-refractivity contribution in [2.75, 3.05) is 95.2 Å². The Morgan fingerprint density at radius 2 is 1.00 bits per heavy atom. The van der Waals surface area contributed by atoms with Gasteiger partial charge < -0.3 is 70.9 Å². The van der Waals surface area contributed by atoms with Gasteiger partial charge in [0.15, 0.2) is 5.69 Å². The first-order chi connectivity index (χ1) is 34.7. The summed E-state index contributed by atoms with van der Waals surface area (Å²) in [7, 11) is 5.01. The lowest BCUT2D eigenvalue weighted by Gasteiger charge is -1.94. The van der Waals surface area contributed by atoms with Gasteiger partial charge in [0.25, 0.3) is 0 Å². The van der Waals surface area contributed by atoms with E-state index >= 15 is 0 Å². The van der Waals surface area contributed by atoms with Crippen molar-refractivity contribution in [1.82, 2.24) is 0 Å². The Labute approximate surface area is 428 Å². The molecule has 386 valence electrons. The molecule has 6 aromatic carbocycles. The maximum Gasteiger partial charge on any atom is 0.187 e. The van der Waals surface area contributed by atoms with Crippen LogP contribution in [0.1, 0.15) is 48.4 Å². The zero-order valence-corrected chi connectivity index (χ0v) is 42.3. The number of nitrogen functional groups attached to an aromatic ring is 6. The molecule has 0 aliphatic rings. The number of aryl methyl sites for hydroxylation is 1. The van der Waals surface area contributed by atoms with Crippen LogP contribution in [0.15, 0.2) is 146 Å². The number of ether oxygens (including phenoxy) is 3. The van der Waals surface area contributed by atoms with Crippen LogP contribution in [0.5, 0.6) is 5.75 Å². The molecule has 0 spiro atoms. The van der Waals surface area contributed by atoms with E-state index in [2.05, 4.69) is 34.7 Å². The number of nitriles is 3. The molecule has 0 atom stereocenters. The molecule has 0 aliphatic heterocycles. The van der Waals surface area contributed by atoms with Crippen molar-refractivity contribution in [2.45, 2.75) is 39.0 Å². The highest BCUT2D eigenvalue weighted by Gasteiger charge is 1.92. The normalized spacial score (nSPS) is 8.76. The van der Waals surface area contributed by atoms with Crippen molar-refractivity contribution in [3.05, 3.63) is 179 Å². The average molecular weight is 984 g/mol. The first kappa shape index (κ1) is 67.9. The van der Waals surface area contributed by atoms with Gasteiger partial charge in [0.05, 0.1) is 48.6 Å². The number of phenols is 1. The Morgan fingerprint density at radius 3 is 1.33 bits per heavy atom. The van der Waals surface area contributed by atoms with Gasteiger partial charge in [-0.3, -0.25) is 0 Å². The lowest BCUT2D eigenvalue weighted by atomic mass is 10.1. The molecule has 72 heavy (non-hydrogen) atoms. The Kier molecular flexibility index (Phi) is 46.3. The summed E-state index contributed by atoms with van der Waals surface area (Å²) in [6, 6.07) is 48.7. The topological polar surface area (TPSA) is 358 Å². The molecule has 0 aliphatic carbocycles. The summed E-state index contributed by atoms with van der Waals surface area (Å²) in [5, 5.41) is 33.8. The van der Waals surface area contributed by atoms with E-state index < -0.39 is 0 Å². The maximum absolute atomic E-state index is 8.79. The molecule has 17 heteroatoms. The van der Waals surface area contributed by atoms with Crippen LogP contribution in [-0.4, -0.2) is 65.9 Å². The molecule has 0 amide bonds. The fourth-order valence-electron chi connectivity index (χ4n) is 4.46. The number of unbranched alkanes of at least 4 members (excludes halogenated alkanes) is 1.